The predicted octanol–water partition coefficient (Wildman–Crippen LogP) is 17.7. The molecule has 0 aliphatic heterocycles. The van der Waals surface area contributed by atoms with E-state index in [1.54, 1.807) is 0 Å². The Hall–Kier alpha value is -1.10. The first kappa shape index (κ1) is 56.9. The van der Waals surface area contributed by atoms with Gasteiger partial charge in [0.05, 0.1) is 6.61 Å². The third-order valence-corrected chi connectivity index (χ3v) is 12.1. The van der Waals surface area contributed by atoms with Gasteiger partial charge in [-0.15, -0.1) is 0 Å². The fourth-order valence-corrected chi connectivity index (χ4v) is 8.16. The molecule has 0 aromatic heterocycles. The molecule has 1 atom stereocenters. The maximum absolute atomic E-state index is 12.8. The van der Waals surface area contributed by atoms with Crippen LogP contribution in [-0.4, -0.2) is 37.9 Å². The van der Waals surface area contributed by atoms with E-state index in [1.807, 2.05) is 0 Å². The van der Waals surface area contributed by atoms with E-state index in [-0.39, 0.29) is 18.5 Å². The minimum Gasteiger partial charge on any atom is -0.462 e. The molecule has 0 saturated carbocycles. The number of carbonyl (C=O) groups is 2. The van der Waals surface area contributed by atoms with Gasteiger partial charge in [-0.1, -0.05) is 271 Å². The summed E-state index contributed by atoms with van der Waals surface area (Å²) < 4.78 is 17.4. The predicted molar refractivity (Wildman–Crippen MR) is 252 cm³/mol. The topological polar surface area (TPSA) is 61.8 Å². The quantitative estimate of drug-likeness (QED) is 0.0452. The summed E-state index contributed by atoms with van der Waals surface area (Å²) in [6.07, 6.45) is 55.3. The average Bonchev–Trinajstić information content (AvgIpc) is 3.22. The summed E-state index contributed by atoms with van der Waals surface area (Å²) in [7, 11) is 0. The molecule has 0 spiro atoms. The molecule has 0 heterocycles. The summed E-state index contributed by atoms with van der Waals surface area (Å²) in [4.78, 5) is 25.4. The number of esters is 2. The fourth-order valence-electron chi connectivity index (χ4n) is 8.16. The van der Waals surface area contributed by atoms with E-state index in [2.05, 4.69) is 20.8 Å². The third kappa shape index (κ3) is 47.6. The van der Waals surface area contributed by atoms with Gasteiger partial charge in [0.15, 0.2) is 6.10 Å². The number of ether oxygens (including phenoxy) is 3. The van der Waals surface area contributed by atoms with Crippen molar-refractivity contribution in [3.63, 3.8) is 0 Å². The summed E-state index contributed by atoms with van der Waals surface area (Å²) in [6, 6.07) is 0. The third-order valence-electron chi connectivity index (χ3n) is 12.1. The lowest BCUT2D eigenvalue weighted by atomic mass is 10.0. The lowest BCUT2D eigenvalue weighted by Gasteiger charge is -2.18. The Morgan fingerprint density at radius 1 is 0.310 bits per heavy atom. The molecule has 0 fully saturated rings. The average molecular weight is 821 g/mol. The first-order chi connectivity index (χ1) is 28.6. The highest BCUT2D eigenvalue weighted by atomic mass is 16.6. The van der Waals surface area contributed by atoms with Crippen LogP contribution >= 0.6 is 0 Å². The van der Waals surface area contributed by atoms with Crippen molar-refractivity contribution in [2.45, 2.75) is 309 Å². The number of hydrogen-bond donors (Lipinski definition) is 0. The Balaban J connectivity index is 4.18. The van der Waals surface area contributed by atoms with Crippen LogP contribution < -0.4 is 0 Å². The number of unbranched alkanes of at least 4 members (excludes halogenated alkanes) is 39. The Kier molecular flexibility index (Phi) is 49.3. The fraction of sp³-hybridized carbons (Fsp3) is 0.962. The van der Waals surface area contributed by atoms with Crippen LogP contribution in [0.2, 0.25) is 0 Å². The zero-order chi connectivity index (χ0) is 42.1. The standard InChI is InChI=1S/C53H104O5/c1-4-7-10-13-16-19-22-25-26-27-30-33-36-39-42-45-48-56-49-51(58-53(55)47-44-41-38-35-32-29-24-21-18-15-12-9-6-3)50-57-52(54)46-43-40-37-34-31-28-23-20-17-14-11-8-5-2/h51H,4-50H2,1-3H3. The number of carbonyl (C=O) groups excluding carboxylic acids is 2. The molecule has 0 saturated heterocycles. The first-order valence-electron chi connectivity index (χ1n) is 26.6. The van der Waals surface area contributed by atoms with E-state index in [0.29, 0.717) is 26.1 Å². The van der Waals surface area contributed by atoms with Crippen LogP contribution in [0.5, 0.6) is 0 Å². The van der Waals surface area contributed by atoms with Crippen LogP contribution in [0.15, 0.2) is 0 Å². The van der Waals surface area contributed by atoms with Gasteiger partial charge in [0.25, 0.3) is 0 Å². The van der Waals surface area contributed by atoms with E-state index < -0.39 is 6.10 Å². The maximum atomic E-state index is 12.8. The van der Waals surface area contributed by atoms with Crippen molar-refractivity contribution in [3.8, 4) is 0 Å². The van der Waals surface area contributed by atoms with E-state index in [4.69, 9.17) is 14.2 Å². The minimum atomic E-state index is -0.522. The van der Waals surface area contributed by atoms with Crippen molar-refractivity contribution in [2.75, 3.05) is 19.8 Å². The summed E-state index contributed by atoms with van der Waals surface area (Å²) in [5.41, 5.74) is 0. The van der Waals surface area contributed by atoms with Gasteiger partial charge in [0, 0.05) is 19.4 Å². The van der Waals surface area contributed by atoms with Gasteiger partial charge in [-0.3, -0.25) is 9.59 Å². The zero-order valence-corrected chi connectivity index (χ0v) is 39.9. The van der Waals surface area contributed by atoms with Gasteiger partial charge in [-0.05, 0) is 19.3 Å². The molecule has 0 amide bonds. The Morgan fingerprint density at radius 2 is 0.569 bits per heavy atom. The van der Waals surface area contributed by atoms with Crippen LogP contribution in [0, 0.1) is 0 Å². The molecule has 0 rings (SSSR count). The zero-order valence-electron chi connectivity index (χ0n) is 39.9. The summed E-state index contributed by atoms with van der Waals surface area (Å²) in [5, 5.41) is 0. The van der Waals surface area contributed by atoms with Gasteiger partial charge in [0.1, 0.15) is 6.61 Å². The highest BCUT2D eigenvalue weighted by molar-refractivity contribution is 5.70. The van der Waals surface area contributed by atoms with Crippen molar-refractivity contribution >= 4 is 11.9 Å². The lowest BCUT2D eigenvalue weighted by molar-refractivity contribution is -0.163. The Morgan fingerprint density at radius 3 is 0.879 bits per heavy atom. The molecule has 0 N–H and O–H groups in total. The molecule has 0 bridgehead atoms. The van der Waals surface area contributed by atoms with Crippen molar-refractivity contribution in [1.82, 2.24) is 0 Å². The van der Waals surface area contributed by atoms with Gasteiger partial charge < -0.3 is 14.2 Å². The number of hydrogen-bond acceptors (Lipinski definition) is 5. The molecular formula is C53H104O5. The van der Waals surface area contributed by atoms with Crippen molar-refractivity contribution < 1.29 is 23.8 Å². The van der Waals surface area contributed by atoms with Gasteiger partial charge >= 0.3 is 11.9 Å². The van der Waals surface area contributed by atoms with Crippen molar-refractivity contribution in [1.29, 1.82) is 0 Å². The Labute approximate surface area is 363 Å². The maximum Gasteiger partial charge on any atom is 0.306 e. The van der Waals surface area contributed by atoms with Crippen LogP contribution in [0.4, 0.5) is 0 Å². The van der Waals surface area contributed by atoms with Crippen LogP contribution in [-0.2, 0) is 23.8 Å². The van der Waals surface area contributed by atoms with E-state index in [1.165, 1.54) is 238 Å². The van der Waals surface area contributed by atoms with Crippen LogP contribution in [0.1, 0.15) is 303 Å². The van der Waals surface area contributed by atoms with Gasteiger partial charge in [-0.2, -0.15) is 0 Å². The monoisotopic (exact) mass is 821 g/mol. The molecule has 5 nitrogen and oxygen atoms in total. The van der Waals surface area contributed by atoms with Gasteiger partial charge in [-0.25, -0.2) is 0 Å². The van der Waals surface area contributed by atoms with E-state index >= 15 is 0 Å². The SMILES string of the molecule is CCCCCCCCCCCCCCCCCCOCC(COC(=O)CCCCCCCCCCCCCCC)OC(=O)CCCCCCCCCCCCCCC. The van der Waals surface area contributed by atoms with E-state index in [9.17, 15) is 9.59 Å². The molecule has 58 heavy (non-hydrogen) atoms. The first-order valence-corrected chi connectivity index (χ1v) is 26.6. The van der Waals surface area contributed by atoms with Crippen LogP contribution in [0.25, 0.3) is 0 Å². The highest BCUT2D eigenvalue weighted by Gasteiger charge is 2.17. The summed E-state index contributed by atoms with van der Waals surface area (Å²) in [5.74, 6) is -0.370. The Bertz CT molecular complexity index is 799. The van der Waals surface area contributed by atoms with Gasteiger partial charge in [0.2, 0.25) is 0 Å². The molecule has 0 aromatic rings. The second-order valence-electron chi connectivity index (χ2n) is 18.2. The molecule has 346 valence electrons. The summed E-state index contributed by atoms with van der Waals surface area (Å²) >= 11 is 0. The lowest BCUT2D eigenvalue weighted by Crippen LogP contribution is -2.30. The molecule has 1 unspecified atom stereocenters. The van der Waals surface area contributed by atoms with Crippen LogP contribution in [0.3, 0.4) is 0 Å². The largest absolute Gasteiger partial charge is 0.462 e. The highest BCUT2D eigenvalue weighted by Crippen LogP contribution is 2.17. The normalized spacial score (nSPS) is 12.0. The molecular weight excluding hydrogens is 717 g/mol. The molecule has 0 aliphatic rings. The number of rotatable bonds is 50. The second kappa shape index (κ2) is 50.3. The molecule has 0 aromatic carbocycles. The van der Waals surface area contributed by atoms with Crippen molar-refractivity contribution in [3.05, 3.63) is 0 Å². The molecule has 0 aliphatic carbocycles. The smallest absolute Gasteiger partial charge is 0.306 e. The minimum absolute atomic E-state index is 0.0978. The molecule has 5 heteroatoms. The molecule has 0 radical (unpaired) electrons. The van der Waals surface area contributed by atoms with Crippen molar-refractivity contribution in [2.24, 2.45) is 0 Å². The van der Waals surface area contributed by atoms with E-state index in [0.717, 1.165) is 32.1 Å². The second-order valence-corrected chi connectivity index (χ2v) is 18.2. The summed E-state index contributed by atoms with van der Waals surface area (Å²) in [6.45, 7) is 7.91.